The molecule has 0 saturated heterocycles. The summed E-state index contributed by atoms with van der Waals surface area (Å²) in [5.41, 5.74) is 4.03. The summed E-state index contributed by atoms with van der Waals surface area (Å²) in [6, 6.07) is 11.8. The van der Waals surface area contributed by atoms with Gasteiger partial charge in [-0.05, 0) is 26.8 Å². The van der Waals surface area contributed by atoms with Crippen molar-refractivity contribution in [2.24, 2.45) is 7.05 Å². The molecule has 3 rings (SSSR count). The Morgan fingerprint density at radius 2 is 1.83 bits per heavy atom. The molecule has 1 amide bonds. The summed E-state index contributed by atoms with van der Waals surface area (Å²) in [5.74, 6) is 0.0284. The zero-order valence-electron chi connectivity index (χ0n) is 14.6. The summed E-state index contributed by atoms with van der Waals surface area (Å²) in [7, 11) is 1.86. The molecule has 0 spiro atoms. The van der Waals surface area contributed by atoms with Crippen LogP contribution in [0.4, 0.5) is 0 Å². The van der Waals surface area contributed by atoms with E-state index in [-0.39, 0.29) is 5.91 Å². The standard InChI is InChI=1S/C19H22N4O/c1-5-23(6-2)19(24)15-12-16(14-10-8-7-9-11-14)20-18-17(15)13(3)21-22(18)4/h7-12H,5-6H2,1-4H3. The van der Waals surface area contributed by atoms with E-state index in [9.17, 15) is 4.79 Å². The van der Waals surface area contributed by atoms with Gasteiger partial charge in [-0.1, -0.05) is 30.3 Å². The number of nitrogens with zero attached hydrogens (tertiary/aromatic N) is 4. The maximum absolute atomic E-state index is 13.0. The molecule has 2 aromatic heterocycles. The van der Waals surface area contributed by atoms with Gasteiger partial charge in [0, 0.05) is 25.7 Å². The minimum Gasteiger partial charge on any atom is -0.339 e. The van der Waals surface area contributed by atoms with Crippen LogP contribution in [0, 0.1) is 6.92 Å². The summed E-state index contributed by atoms with van der Waals surface area (Å²) in [6.07, 6.45) is 0. The van der Waals surface area contributed by atoms with E-state index in [0.29, 0.717) is 18.7 Å². The normalized spacial score (nSPS) is 11.0. The van der Waals surface area contributed by atoms with Gasteiger partial charge >= 0.3 is 0 Å². The van der Waals surface area contributed by atoms with Crippen LogP contribution < -0.4 is 0 Å². The third-order valence-corrected chi connectivity index (χ3v) is 4.32. The lowest BCUT2D eigenvalue weighted by molar-refractivity contribution is 0.0775. The van der Waals surface area contributed by atoms with Gasteiger partial charge in [0.15, 0.2) is 5.65 Å². The Hall–Kier alpha value is -2.69. The van der Waals surface area contributed by atoms with Crippen LogP contribution in [0.1, 0.15) is 29.9 Å². The number of amides is 1. The largest absolute Gasteiger partial charge is 0.339 e. The summed E-state index contributed by atoms with van der Waals surface area (Å²) >= 11 is 0. The molecule has 24 heavy (non-hydrogen) atoms. The molecule has 2 heterocycles. The molecule has 0 saturated carbocycles. The molecule has 124 valence electrons. The molecule has 0 radical (unpaired) electrons. The van der Waals surface area contributed by atoms with Crippen molar-refractivity contribution in [3.8, 4) is 11.3 Å². The fourth-order valence-corrected chi connectivity index (χ4v) is 3.05. The summed E-state index contributed by atoms with van der Waals surface area (Å²) in [6.45, 7) is 7.27. The quantitative estimate of drug-likeness (QED) is 0.739. The monoisotopic (exact) mass is 322 g/mol. The van der Waals surface area contributed by atoms with E-state index in [1.54, 1.807) is 4.68 Å². The summed E-state index contributed by atoms with van der Waals surface area (Å²) in [4.78, 5) is 19.6. The van der Waals surface area contributed by atoms with Crippen molar-refractivity contribution in [2.75, 3.05) is 13.1 Å². The number of carbonyl (C=O) groups excluding carboxylic acids is 1. The number of benzene rings is 1. The van der Waals surface area contributed by atoms with Crippen molar-refractivity contribution in [1.82, 2.24) is 19.7 Å². The average Bonchev–Trinajstić information content (AvgIpc) is 2.90. The lowest BCUT2D eigenvalue weighted by atomic mass is 10.0. The lowest BCUT2D eigenvalue weighted by Gasteiger charge is -2.19. The van der Waals surface area contributed by atoms with E-state index in [1.165, 1.54) is 0 Å². The third-order valence-electron chi connectivity index (χ3n) is 4.32. The molecule has 1 aromatic carbocycles. The first-order chi connectivity index (χ1) is 11.6. The second-order valence-corrected chi connectivity index (χ2v) is 5.81. The number of pyridine rings is 1. The number of hydrogen-bond acceptors (Lipinski definition) is 3. The number of aromatic nitrogens is 3. The average molecular weight is 322 g/mol. The first-order valence-corrected chi connectivity index (χ1v) is 8.25. The lowest BCUT2D eigenvalue weighted by Crippen LogP contribution is -2.30. The second-order valence-electron chi connectivity index (χ2n) is 5.81. The van der Waals surface area contributed by atoms with E-state index in [1.807, 2.05) is 69.1 Å². The van der Waals surface area contributed by atoms with Crippen molar-refractivity contribution in [3.63, 3.8) is 0 Å². The Labute approximate surface area is 141 Å². The van der Waals surface area contributed by atoms with Crippen LogP contribution in [0.25, 0.3) is 22.3 Å². The summed E-state index contributed by atoms with van der Waals surface area (Å²) < 4.78 is 1.75. The first-order valence-electron chi connectivity index (χ1n) is 8.25. The molecule has 5 nitrogen and oxygen atoms in total. The molecular weight excluding hydrogens is 300 g/mol. The zero-order chi connectivity index (χ0) is 17.3. The highest BCUT2D eigenvalue weighted by Crippen LogP contribution is 2.27. The minimum absolute atomic E-state index is 0.0284. The Morgan fingerprint density at radius 1 is 1.17 bits per heavy atom. The predicted molar refractivity (Wildman–Crippen MR) is 95.9 cm³/mol. The van der Waals surface area contributed by atoms with Crippen LogP contribution in [0.3, 0.4) is 0 Å². The molecule has 0 aliphatic heterocycles. The van der Waals surface area contributed by atoms with Crippen molar-refractivity contribution < 1.29 is 4.79 Å². The van der Waals surface area contributed by atoms with E-state index >= 15 is 0 Å². The summed E-state index contributed by atoms with van der Waals surface area (Å²) in [5, 5.41) is 5.30. The fraction of sp³-hybridized carbons (Fsp3) is 0.316. The maximum atomic E-state index is 13.0. The van der Waals surface area contributed by atoms with Crippen LogP contribution in [0.15, 0.2) is 36.4 Å². The van der Waals surface area contributed by atoms with Gasteiger partial charge in [0.25, 0.3) is 5.91 Å². The van der Waals surface area contributed by atoms with Gasteiger partial charge < -0.3 is 4.90 Å². The van der Waals surface area contributed by atoms with Crippen LogP contribution in [0.5, 0.6) is 0 Å². The Bertz CT molecular complexity index is 879. The van der Waals surface area contributed by atoms with Gasteiger partial charge in [0.05, 0.1) is 22.3 Å². The van der Waals surface area contributed by atoms with E-state index in [2.05, 4.69) is 5.10 Å². The van der Waals surface area contributed by atoms with Crippen molar-refractivity contribution in [2.45, 2.75) is 20.8 Å². The highest BCUT2D eigenvalue weighted by Gasteiger charge is 2.21. The van der Waals surface area contributed by atoms with Gasteiger partial charge in [-0.2, -0.15) is 5.10 Å². The van der Waals surface area contributed by atoms with Crippen molar-refractivity contribution in [3.05, 3.63) is 47.7 Å². The molecule has 0 aliphatic rings. The van der Waals surface area contributed by atoms with Gasteiger partial charge in [0.2, 0.25) is 0 Å². The highest BCUT2D eigenvalue weighted by atomic mass is 16.2. The molecule has 0 aliphatic carbocycles. The Kier molecular flexibility index (Phi) is 4.34. The number of aryl methyl sites for hydroxylation is 2. The molecule has 0 bridgehead atoms. The number of fused-ring (bicyclic) bond motifs is 1. The topological polar surface area (TPSA) is 51.0 Å². The van der Waals surface area contributed by atoms with Crippen LogP contribution in [-0.4, -0.2) is 38.7 Å². The predicted octanol–water partition coefficient (Wildman–Crippen LogP) is 3.43. The van der Waals surface area contributed by atoms with Crippen LogP contribution in [-0.2, 0) is 7.05 Å². The SMILES string of the molecule is CCN(CC)C(=O)c1cc(-c2ccccc2)nc2c1c(C)nn2C. The molecule has 0 unspecified atom stereocenters. The first kappa shape index (κ1) is 16.2. The van der Waals surface area contributed by atoms with Gasteiger partial charge in [0.1, 0.15) is 0 Å². The number of hydrogen-bond donors (Lipinski definition) is 0. The minimum atomic E-state index is 0.0284. The molecule has 0 fully saturated rings. The smallest absolute Gasteiger partial charge is 0.254 e. The van der Waals surface area contributed by atoms with Crippen LogP contribution >= 0.6 is 0 Å². The van der Waals surface area contributed by atoms with Crippen molar-refractivity contribution in [1.29, 1.82) is 0 Å². The zero-order valence-corrected chi connectivity index (χ0v) is 14.6. The van der Waals surface area contributed by atoms with Gasteiger partial charge in [-0.25, -0.2) is 4.98 Å². The molecule has 0 atom stereocenters. The molecule has 0 N–H and O–H groups in total. The van der Waals surface area contributed by atoms with Gasteiger partial charge in [-0.3, -0.25) is 9.48 Å². The maximum Gasteiger partial charge on any atom is 0.254 e. The van der Waals surface area contributed by atoms with E-state index in [4.69, 9.17) is 4.98 Å². The van der Waals surface area contributed by atoms with Gasteiger partial charge in [-0.15, -0.1) is 0 Å². The molecule has 5 heteroatoms. The van der Waals surface area contributed by atoms with E-state index < -0.39 is 0 Å². The Morgan fingerprint density at radius 3 is 2.46 bits per heavy atom. The Balaban J connectivity index is 2.28. The molecule has 3 aromatic rings. The van der Waals surface area contributed by atoms with E-state index in [0.717, 1.165) is 28.0 Å². The van der Waals surface area contributed by atoms with Crippen molar-refractivity contribution >= 4 is 16.9 Å². The third kappa shape index (κ3) is 2.66. The molecular formula is C19H22N4O. The second kappa shape index (κ2) is 6.43. The highest BCUT2D eigenvalue weighted by molar-refractivity contribution is 6.07. The van der Waals surface area contributed by atoms with Crippen LogP contribution in [0.2, 0.25) is 0 Å². The number of carbonyl (C=O) groups is 1. The fourth-order valence-electron chi connectivity index (χ4n) is 3.05. The number of rotatable bonds is 4.